The van der Waals surface area contributed by atoms with Gasteiger partial charge in [0.1, 0.15) is 0 Å². The van der Waals surface area contributed by atoms with Crippen molar-refractivity contribution in [2.24, 2.45) is 17.8 Å². The minimum Gasteiger partial charge on any atom is -0.313 e. The van der Waals surface area contributed by atoms with Crippen molar-refractivity contribution < 1.29 is 5.21 Å². The molecule has 1 aromatic carbocycles. The van der Waals surface area contributed by atoms with Gasteiger partial charge < -0.3 is 5.21 Å². The lowest BCUT2D eigenvalue weighted by Gasteiger charge is -2.58. The van der Waals surface area contributed by atoms with Crippen LogP contribution in [-0.2, 0) is 12.0 Å². The van der Waals surface area contributed by atoms with Crippen LogP contribution in [0.25, 0.3) is 0 Å². The number of nitrogens with zero attached hydrogens (tertiary/aromatic N) is 1. The van der Waals surface area contributed by atoms with Crippen molar-refractivity contribution in [1.29, 1.82) is 0 Å². The molecule has 126 valence electrons. The normalized spacial score (nSPS) is 36.0. The molecule has 0 radical (unpaired) electrons. The summed E-state index contributed by atoms with van der Waals surface area (Å²) in [5.41, 5.74) is 2.87. The third kappa shape index (κ3) is 2.85. The zero-order valence-corrected chi connectivity index (χ0v) is 14.9. The summed E-state index contributed by atoms with van der Waals surface area (Å²) in [6, 6.07) is 8.85. The van der Waals surface area contributed by atoms with Crippen LogP contribution in [0, 0.1) is 17.8 Å². The van der Waals surface area contributed by atoms with E-state index in [0.29, 0.717) is 6.54 Å². The van der Waals surface area contributed by atoms with Gasteiger partial charge in [0.25, 0.3) is 0 Å². The summed E-state index contributed by atoms with van der Waals surface area (Å²) in [7, 11) is 0. The molecule has 0 atom stereocenters. The minimum absolute atomic E-state index is 0.0808. The third-order valence-electron chi connectivity index (χ3n) is 6.71. The van der Waals surface area contributed by atoms with Gasteiger partial charge in [-0.25, -0.2) is 0 Å². The molecule has 2 heteroatoms. The van der Waals surface area contributed by atoms with E-state index in [4.69, 9.17) is 0 Å². The Morgan fingerprint density at radius 3 is 1.87 bits per heavy atom. The number of benzene rings is 1. The molecule has 2 nitrogen and oxygen atoms in total. The van der Waals surface area contributed by atoms with E-state index in [1.807, 2.05) is 0 Å². The van der Waals surface area contributed by atoms with Crippen molar-refractivity contribution in [1.82, 2.24) is 5.06 Å². The summed E-state index contributed by atoms with van der Waals surface area (Å²) in [5, 5.41) is 12.7. The van der Waals surface area contributed by atoms with Gasteiger partial charge in [0.15, 0.2) is 0 Å². The van der Waals surface area contributed by atoms with E-state index in [2.05, 4.69) is 45.0 Å². The predicted molar refractivity (Wildman–Crippen MR) is 93.4 cm³/mol. The molecule has 0 saturated heterocycles. The third-order valence-corrected chi connectivity index (χ3v) is 6.71. The van der Waals surface area contributed by atoms with Crippen molar-refractivity contribution >= 4 is 0 Å². The first-order valence-electron chi connectivity index (χ1n) is 9.40. The molecule has 0 heterocycles. The van der Waals surface area contributed by atoms with Crippen LogP contribution in [0.1, 0.15) is 70.4 Å². The molecule has 0 spiro atoms. The molecule has 23 heavy (non-hydrogen) atoms. The Morgan fingerprint density at radius 2 is 1.43 bits per heavy atom. The highest BCUT2D eigenvalue weighted by atomic mass is 16.5. The SMILES string of the molecule is CC(C)(C)c1ccc(CN(O)C23CC4CC(CC(C4)C2)C3)cc1. The second-order valence-corrected chi connectivity index (χ2v) is 9.65. The second kappa shape index (κ2) is 5.32. The number of rotatable bonds is 3. The van der Waals surface area contributed by atoms with E-state index >= 15 is 0 Å². The lowest BCUT2D eigenvalue weighted by Crippen LogP contribution is -2.58. The van der Waals surface area contributed by atoms with E-state index in [0.717, 1.165) is 17.8 Å². The monoisotopic (exact) mass is 313 g/mol. The van der Waals surface area contributed by atoms with Crippen LogP contribution < -0.4 is 0 Å². The highest BCUT2D eigenvalue weighted by molar-refractivity contribution is 5.27. The van der Waals surface area contributed by atoms with Crippen molar-refractivity contribution in [3.8, 4) is 0 Å². The summed E-state index contributed by atoms with van der Waals surface area (Å²) < 4.78 is 0. The quantitative estimate of drug-likeness (QED) is 0.781. The molecule has 5 rings (SSSR count). The Bertz CT molecular complexity index is 533. The van der Waals surface area contributed by atoms with Gasteiger partial charge in [-0.3, -0.25) is 0 Å². The van der Waals surface area contributed by atoms with Crippen LogP contribution >= 0.6 is 0 Å². The summed E-state index contributed by atoms with van der Waals surface area (Å²) in [5.74, 6) is 2.62. The molecule has 4 fully saturated rings. The van der Waals surface area contributed by atoms with E-state index in [9.17, 15) is 5.21 Å². The minimum atomic E-state index is 0.0808. The van der Waals surface area contributed by atoms with Gasteiger partial charge in [-0.15, -0.1) is 0 Å². The zero-order chi connectivity index (χ0) is 16.2. The van der Waals surface area contributed by atoms with Crippen LogP contribution in [0.15, 0.2) is 24.3 Å². The lowest BCUT2D eigenvalue weighted by atomic mass is 9.53. The van der Waals surface area contributed by atoms with Crippen LogP contribution in [-0.4, -0.2) is 15.8 Å². The molecule has 4 bridgehead atoms. The van der Waals surface area contributed by atoms with Crippen LogP contribution in [0.2, 0.25) is 0 Å². The van der Waals surface area contributed by atoms with Gasteiger partial charge in [0.2, 0.25) is 0 Å². The van der Waals surface area contributed by atoms with Gasteiger partial charge in [-0.1, -0.05) is 45.0 Å². The Labute approximate surface area is 140 Å². The number of hydrogen-bond donors (Lipinski definition) is 1. The van der Waals surface area contributed by atoms with Gasteiger partial charge in [-0.2, -0.15) is 5.06 Å². The van der Waals surface area contributed by atoms with E-state index in [1.165, 1.54) is 49.7 Å². The molecule has 0 aliphatic heterocycles. The summed E-state index contributed by atoms with van der Waals surface area (Å²) in [4.78, 5) is 0. The fourth-order valence-corrected chi connectivity index (χ4v) is 5.83. The molecular formula is C21H31NO. The maximum absolute atomic E-state index is 10.9. The fraction of sp³-hybridized carbons (Fsp3) is 0.714. The molecule has 4 aliphatic carbocycles. The largest absolute Gasteiger partial charge is 0.313 e. The van der Waals surface area contributed by atoms with Crippen molar-refractivity contribution in [3.63, 3.8) is 0 Å². The first kappa shape index (κ1) is 15.7. The molecule has 1 aromatic rings. The van der Waals surface area contributed by atoms with Crippen molar-refractivity contribution in [2.45, 2.75) is 76.8 Å². The summed E-state index contributed by atoms with van der Waals surface area (Å²) in [6.07, 6.45) is 7.93. The molecule has 4 aliphatic rings. The van der Waals surface area contributed by atoms with Gasteiger partial charge in [0.05, 0.1) is 0 Å². The Balaban J connectivity index is 1.49. The first-order chi connectivity index (χ1) is 10.8. The molecular weight excluding hydrogens is 282 g/mol. The van der Waals surface area contributed by atoms with Gasteiger partial charge in [-0.05, 0) is 72.8 Å². The van der Waals surface area contributed by atoms with Crippen LogP contribution in [0.3, 0.4) is 0 Å². The molecule has 0 aromatic heterocycles. The molecule has 0 amide bonds. The van der Waals surface area contributed by atoms with Crippen LogP contribution in [0.5, 0.6) is 0 Å². The molecule has 4 saturated carbocycles. The Kier molecular flexibility index (Phi) is 3.62. The molecule has 0 unspecified atom stereocenters. The van der Waals surface area contributed by atoms with E-state index in [1.54, 1.807) is 5.06 Å². The summed E-state index contributed by atoms with van der Waals surface area (Å²) in [6.45, 7) is 7.41. The topological polar surface area (TPSA) is 23.5 Å². The molecule has 1 N–H and O–H groups in total. The average molecular weight is 313 g/mol. The zero-order valence-electron chi connectivity index (χ0n) is 14.9. The highest BCUT2D eigenvalue weighted by Gasteiger charge is 2.53. The average Bonchev–Trinajstić information content (AvgIpc) is 2.45. The van der Waals surface area contributed by atoms with Gasteiger partial charge in [0, 0.05) is 12.1 Å². The smallest absolute Gasteiger partial charge is 0.0495 e. The van der Waals surface area contributed by atoms with Crippen molar-refractivity contribution in [2.75, 3.05) is 0 Å². The predicted octanol–water partition coefficient (Wildman–Crippen LogP) is 5.14. The van der Waals surface area contributed by atoms with E-state index in [-0.39, 0.29) is 11.0 Å². The Hall–Kier alpha value is -0.860. The van der Waals surface area contributed by atoms with Crippen molar-refractivity contribution in [3.05, 3.63) is 35.4 Å². The lowest BCUT2D eigenvalue weighted by molar-refractivity contribution is -0.234. The van der Waals surface area contributed by atoms with E-state index < -0.39 is 0 Å². The first-order valence-corrected chi connectivity index (χ1v) is 9.40. The van der Waals surface area contributed by atoms with Crippen LogP contribution in [0.4, 0.5) is 0 Å². The Morgan fingerprint density at radius 1 is 0.957 bits per heavy atom. The maximum Gasteiger partial charge on any atom is 0.0495 e. The number of hydrogen-bond acceptors (Lipinski definition) is 2. The maximum atomic E-state index is 10.9. The van der Waals surface area contributed by atoms with Gasteiger partial charge >= 0.3 is 0 Å². The highest BCUT2D eigenvalue weighted by Crippen LogP contribution is 2.57. The second-order valence-electron chi connectivity index (χ2n) is 9.65. The summed E-state index contributed by atoms with van der Waals surface area (Å²) >= 11 is 0. The standard InChI is InChI=1S/C21H31NO/c1-20(2,3)19-6-4-15(5-7-19)14-22(23)21-11-16-8-17(12-21)10-18(9-16)13-21/h4-7,16-18,23H,8-14H2,1-3H3. The fourth-order valence-electron chi connectivity index (χ4n) is 5.83. The number of hydroxylamine groups is 2.